The fraction of sp³-hybridized carbons (Fsp3) is 0.500. The van der Waals surface area contributed by atoms with Gasteiger partial charge in [-0.05, 0) is 31.7 Å². The number of likely N-dealkylation sites (N-methyl/N-ethyl adjacent to an activating group) is 1. The van der Waals surface area contributed by atoms with Gasteiger partial charge in [-0.25, -0.2) is 4.79 Å². The second kappa shape index (κ2) is 7.82. The molecule has 1 atom stereocenters. The van der Waals surface area contributed by atoms with Gasteiger partial charge >= 0.3 is 6.03 Å². The number of hydrogen-bond donors (Lipinski definition) is 3. The summed E-state index contributed by atoms with van der Waals surface area (Å²) in [5.41, 5.74) is 1.11. The number of anilines is 1. The molecule has 3 N–H and O–H groups in total. The molecule has 0 radical (unpaired) electrons. The van der Waals surface area contributed by atoms with Gasteiger partial charge < -0.3 is 20.7 Å². The Hall–Kier alpha value is -2.28. The van der Waals surface area contributed by atoms with Crippen LogP contribution in [0.5, 0.6) is 5.75 Å². The predicted molar refractivity (Wildman–Crippen MR) is 89.2 cm³/mol. The summed E-state index contributed by atoms with van der Waals surface area (Å²) in [6, 6.07) is 5.12. The van der Waals surface area contributed by atoms with Crippen LogP contribution in [0.2, 0.25) is 0 Å². The summed E-state index contributed by atoms with van der Waals surface area (Å²) in [7, 11) is 1.55. The highest BCUT2D eigenvalue weighted by molar-refractivity contribution is 5.99. The summed E-state index contributed by atoms with van der Waals surface area (Å²) < 4.78 is 5.31. The third-order valence-electron chi connectivity index (χ3n) is 3.71. The molecule has 3 amide bonds. The molecule has 0 bridgehead atoms. The van der Waals surface area contributed by atoms with E-state index in [1.807, 2.05) is 13.8 Å². The number of carbonyl (C=O) groups is 2. The van der Waals surface area contributed by atoms with Crippen molar-refractivity contribution in [2.45, 2.75) is 19.9 Å². The molecule has 0 aromatic heterocycles. The van der Waals surface area contributed by atoms with E-state index in [0.29, 0.717) is 36.6 Å². The number of methoxy groups -OCH3 is 1. The van der Waals surface area contributed by atoms with Crippen LogP contribution in [0.4, 0.5) is 10.5 Å². The van der Waals surface area contributed by atoms with E-state index in [0.717, 1.165) is 6.54 Å². The molecule has 1 fully saturated rings. The Morgan fingerprint density at radius 1 is 1.48 bits per heavy atom. The summed E-state index contributed by atoms with van der Waals surface area (Å²) >= 11 is 0. The molecular formula is C16H24N4O3. The summed E-state index contributed by atoms with van der Waals surface area (Å²) in [4.78, 5) is 25.7. The van der Waals surface area contributed by atoms with Crippen molar-refractivity contribution in [2.75, 3.05) is 38.2 Å². The van der Waals surface area contributed by atoms with E-state index in [-0.39, 0.29) is 18.0 Å². The summed E-state index contributed by atoms with van der Waals surface area (Å²) in [5.74, 6) is 0.401. The van der Waals surface area contributed by atoms with E-state index < -0.39 is 0 Å². The molecule has 7 heteroatoms. The van der Waals surface area contributed by atoms with Gasteiger partial charge in [-0.2, -0.15) is 0 Å². The normalized spacial score (nSPS) is 15.3. The molecule has 7 nitrogen and oxygen atoms in total. The molecule has 126 valence electrons. The first-order valence-corrected chi connectivity index (χ1v) is 7.81. The van der Waals surface area contributed by atoms with E-state index in [1.165, 1.54) is 0 Å². The van der Waals surface area contributed by atoms with Gasteiger partial charge in [0.25, 0.3) is 5.91 Å². The number of hydrogen-bond acceptors (Lipinski definition) is 4. The van der Waals surface area contributed by atoms with E-state index >= 15 is 0 Å². The summed E-state index contributed by atoms with van der Waals surface area (Å²) in [5, 5.41) is 8.87. The first-order chi connectivity index (χ1) is 11.1. The largest absolute Gasteiger partial charge is 0.495 e. The molecule has 1 aliphatic heterocycles. The van der Waals surface area contributed by atoms with Gasteiger partial charge in [0.15, 0.2) is 0 Å². The summed E-state index contributed by atoms with van der Waals surface area (Å²) in [6.45, 7) is 6.56. The smallest absolute Gasteiger partial charge is 0.322 e. The van der Waals surface area contributed by atoms with Crippen LogP contribution >= 0.6 is 0 Å². The third kappa shape index (κ3) is 4.13. The zero-order valence-electron chi connectivity index (χ0n) is 13.8. The van der Waals surface area contributed by atoms with Crippen molar-refractivity contribution in [3.8, 4) is 5.75 Å². The quantitative estimate of drug-likeness (QED) is 0.699. The Morgan fingerprint density at radius 3 is 2.87 bits per heavy atom. The lowest BCUT2D eigenvalue weighted by Crippen LogP contribution is -2.38. The molecule has 1 aromatic rings. The van der Waals surface area contributed by atoms with Gasteiger partial charge in [0.1, 0.15) is 5.75 Å². The van der Waals surface area contributed by atoms with E-state index in [9.17, 15) is 9.59 Å². The van der Waals surface area contributed by atoms with Crippen LogP contribution in [0, 0.1) is 0 Å². The van der Waals surface area contributed by atoms with Crippen molar-refractivity contribution >= 4 is 17.6 Å². The Morgan fingerprint density at radius 2 is 2.26 bits per heavy atom. The van der Waals surface area contributed by atoms with Gasteiger partial charge in [0.05, 0.1) is 12.8 Å². The van der Waals surface area contributed by atoms with Crippen LogP contribution in [-0.2, 0) is 0 Å². The number of nitrogens with one attached hydrogen (secondary N) is 3. The number of amides is 3. The molecule has 0 unspecified atom stereocenters. The van der Waals surface area contributed by atoms with Crippen molar-refractivity contribution in [3.63, 3.8) is 0 Å². The monoisotopic (exact) mass is 320 g/mol. The zero-order valence-corrected chi connectivity index (χ0v) is 13.8. The van der Waals surface area contributed by atoms with Gasteiger partial charge in [-0.1, -0.05) is 6.92 Å². The molecular weight excluding hydrogens is 296 g/mol. The molecule has 1 aliphatic rings. The molecule has 0 spiro atoms. The van der Waals surface area contributed by atoms with Crippen molar-refractivity contribution in [3.05, 3.63) is 23.8 Å². The van der Waals surface area contributed by atoms with Gasteiger partial charge in [0, 0.05) is 31.2 Å². The van der Waals surface area contributed by atoms with Crippen LogP contribution in [0.25, 0.3) is 0 Å². The maximum Gasteiger partial charge on any atom is 0.322 e. The van der Waals surface area contributed by atoms with E-state index in [4.69, 9.17) is 4.74 Å². The Bertz CT molecular complexity index is 576. The fourth-order valence-corrected chi connectivity index (χ4v) is 2.51. The maximum absolute atomic E-state index is 12.3. The minimum atomic E-state index is -0.179. The van der Waals surface area contributed by atoms with Crippen molar-refractivity contribution in [2.24, 2.45) is 0 Å². The van der Waals surface area contributed by atoms with Gasteiger partial charge in [-0.3, -0.25) is 9.69 Å². The number of urea groups is 1. The lowest BCUT2D eigenvalue weighted by atomic mass is 10.1. The van der Waals surface area contributed by atoms with Crippen molar-refractivity contribution in [1.29, 1.82) is 0 Å². The average Bonchev–Trinajstić information content (AvgIpc) is 2.98. The van der Waals surface area contributed by atoms with Crippen LogP contribution < -0.4 is 25.6 Å². The van der Waals surface area contributed by atoms with Crippen LogP contribution in [0.3, 0.4) is 0 Å². The Balaban J connectivity index is 2.13. The second-order valence-corrected chi connectivity index (χ2v) is 5.44. The molecule has 0 saturated carbocycles. The average molecular weight is 320 g/mol. The van der Waals surface area contributed by atoms with Gasteiger partial charge in [-0.15, -0.1) is 0 Å². The topological polar surface area (TPSA) is 82.7 Å². The predicted octanol–water partition coefficient (Wildman–Crippen LogP) is 0.953. The molecule has 23 heavy (non-hydrogen) atoms. The van der Waals surface area contributed by atoms with Crippen LogP contribution in [0.15, 0.2) is 18.2 Å². The Kier molecular flexibility index (Phi) is 5.81. The first-order valence-electron chi connectivity index (χ1n) is 7.81. The number of ether oxygens (including phenoxy) is 1. The van der Waals surface area contributed by atoms with E-state index in [1.54, 1.807) is 30.2 Å². The highest BCUT2D eigenvalue weighted by Crippen LogP contribution is 2.30. The first kappa shape index (κ1) is 17.1. The SMILES string of the molecule is CCN[C@H](C)CNC(=O)c1ccc(OC)c(N2CCNC2=O)c1. The lowest BCUT2D eigenvalue weighted by molar-refractivity contribution is 0.0950. The lowest BCUT2D eigenvalue weighted by Gasteiger charge is -2.19. The third-order valence-corrected chi connectivity index (χ3v) is 3.71. The zero-order chi connectivity index (χ0) is 16.8. The molecule has 1 saturated heterocycles. The van der Waals surface area contributed by atoms with Crippen LogP contribution in [0.1, 0.15) is 24.2 Å². The number of nitrogens with zero attached hydrogens (tertiary/aromatic N) is 1. The number of benzene rings is 1. The molecule has 0 aliphatic carbocycles. The van der Waals surface area contributed by atoms with Crippen molar-refractivity contribution in [1.82, 2.24) is 16.0 Å². The van der Waals surface area contributed by atoms with E-state index in [2.05, 4.69) is 16.0 Å². The number of rotatable bonds is 7. The van der Waals surface area contributed by atoms with Gasteiger partial charge in [0.2, 0.25) is 0 Å². The second-order valence-electron chi connectivity index (χ2n) is 5.44. The maximum atomic E-state index is 12.3. The van der Waals surface area contributed by atoms with Crippen molar-refractivity contribution < 1.29 is 14.3 Å². The minimum Gasteiger partial charge on any atom is -0.495 e. The molecule has 1 heterocycles. The minimum absolute atomic E-state index is 0.168. The Labute approximate surface area is 136 Å². The highest BCUT2D eigenvalue weighted by Gasteiger charge is 2.25. The molecule has 2 rings (SSSR count). The number of carbonyl (C=O) groups excluding carboxylic acids is 2. The highest BCUT2D eigenvalue weighted by atomic mass is 16.5. The standard InChI is InChI=1S/C16H24N4O3/c1-4-17-11(2)10-19-15(21)12-5-6-14(23-3)13(9-12)20-8-7-18-16(20)22/h5-6,9,11,17H,4,7-8,10H2,1-3H3,(H,18,22)(H,19,21)/t11-/m1/s1. The fourth-order valence-electron chi connectivity index (χ4n) is 2.51. The molecule has 1 aromatic carbocycles. The summed E-state index contributed by atoms with van der Waals surface area (Å²) in [6.07, 6.45) is 0. The van der Waals surface area contributed by atoms with Crippen LogP contribution in [-0.4, -0.2) is 51.3 Å².